The van der Waals surface area contributed by atoms with E-state index in [-0.39, 0.29) is 11.9 Å². The zero-order valence-corrected chi connectivity index (χ0v) is 15.5. The van der Waals surface area contributed by atoms with Crippen molar-refractivity contribution in [2.75, 3.05) is 17.7 Å². The highest BCUT2D eigenvalue weighted by atomic mass is 16.5. The van der Waals surface area contributed by atoms with Crippen molar-refractivity contribution in [1.29, 1.82) is 0 Å². The molecule has 0 bridgehead atoms. The molecular formula is C19H21N7O2. The van der Waals surface area contributed by atoms with E-state index in [0.717, 1.165) is 31.5 Å². The van der Waals surface area contributed by atoms with Gasteiger partial charge in [0, 0.05) is 24.3 Å². The van der Waals surface area contributed by atoms with E-state index in [1.165, 1.54) is 0 Å². The number of amides is 1. The minimum absolute atomic E-state index is 0.140. The van der Waals surface area contributed by atoms with Gasteiger partial charge in [-0.05, 0) is 37.8 Å². The number of anilines is 3. The summed E-state index contributed by atoms with van der Waals surface area (Å²) in [5.74, 6) is 1.71. The van der Waals surface area contributed by atoms with Crippen LogP contribution in [0, 0.1) is 0 Å². The van der Waals surface area contributed by atoms with Crippen molar-refractivity contribution in [3.63, 3.8) is 0 Å². The zero-order valence-electron chi connectivity index (χ0n) is 15.5. The Bertz CT molecular complexity index is 1040. The van der Waals surface area contributed by atoms with Crippen LogP contribution in [-0.2, 0) is 0 Å². The maximum atomic E-state index is 12.6. The van der Waals surface area contributed by atoms with Gasteiger partial charge in [-0.15, -0.1) is 0 Å². The van der Waals surface area contributed by atoms with Crippen molar-refractivity contribution >= 4 is 28.9 Å². The third-order valence-corrected chi connectivity index (χ3v) is 4.79. The molecule has 0 aliphatic heterocycles. The first-order valence-corrected chi connectivity index (χ1v) is 9.43. The number of hydrogen-bond acceptors (Lipinski definition) is 7. The predicted molar refractivity (Wildman–Crippen MR) is 104 cm³/mol. The molecule has 3 aromatic heterocycles. The predicted octanol–water partition coefficient (Wildman–Crippen LogP) is 2.34. The molecule has 0 saturated heterocycles. The monoisotopic (exact) mass is 379 g/mol. The molecule has 2 aliphatic carbocycles. The van der Waals surface area contributed by atoms with E-state index >= 15 is 0 Å². The van der Waals surface area contributed by atoms with Crippen LogP contribution in [0.4, 0.5) is 17.3 Å². The summed E-state index contributed by atoms with van der Waals surface area (Å²) in [6.07, 6.45) is 7.55. The third-order valence-electron chi connectivity index (χ3n) is 4.79. The highest BCUT2D eigenvalue weighted by Crippen LogP contribution is 2.30. The summed E-state index contributed by atoms with van der Waals surface area (Å²) >= 11 is 0. The van der Waals surface area contributed by atoms with Crippen LogP contribution >= 0.6 is 0 Å². The number of hydrogen-bond donors (Lipinski definition) is 3. The van der Waals surface area contributed by atoms with E-state index < -0.39 is 0 Å². The van der Waals surface area contributed by atoms with E-state index in [2.05, 4.69) is 31.0 Å². The highest BCUT2D eigenvalue weighted by molar-refractivity contribution is 6.00. The highest BCUT2D eigenvalue weighted by Gasteiger charge is 2.27. The van der Waals surface area contributed by atoms with E-state index in [0.29, 0.717) is 34.6 Å². The summed E-state index contributed by atoms with van der Waals surface area (Å²) in [7, 11) is 1.57. The summed E-state index contributed by atoms with van der Waals surface area (Å²) in [6.45, 7) is 0. The first kappa shape index (κ1) is 16.8. The second-order valence-corrected chi connectivity index (χ2v) is 7.17. The molecule has 2 fully saturated rings. The molecule has 1 amide bonds. The molecule has 144 valence electrons. The Hall–Kier alpha value is -3.36. The average molecular weight is 379 g/mol. The van der Waals surface area contributed by atoms with Crippen molar-refractivity contribution in [2.45, 2.75) is 37.8 Å². The standard InChI is InChI=1S/C19H21N7O2/c1-28-19-14(3-2-8-20-19)24-15-9-16(22-11-4-5-11)26-17(25-15)13(10-21-26)18(27)23-12-6-7-12/h2-3,8-12,22H,4-7H2,1H3,(H,23,27)(H,24,25). The number of rotatable bonds is 7. The number of carbonyl (C=O) groups excluding carboxylic acids is 1. The minimum Gasteiger partial charge on any atom is -0.480 e. The van der Waals surface area contributed by atoms with Crippen LogP contribution < -0.4 is 20.7 Å². The van der Waals surface area contributed by atoms with Gasteiger partial charge in [0.2, 0.25) is 5.88 Å². The Labute approximate surface area is 161 Å². The van der Waals surface area contributed by atoms with E-state index in [1.807, 2.05) is 18.2 Å². The van der Waals surface area contributed by atoms with Gasteiger partial charge in [-0.2, -0.15) is 9.61 Å². The lowest BCUT2D eigenvalue weighted by Crippen LogP contribution is -2.25. The first-order chi connectivity index (χ1) is 13.7. The summed E-state index contributed by atoms with van der Waals surface area (Å²) in [5, 5.41) is 14.1. The number of ether oxygens (including phenoxy) is 1. The van der Waals surface area contributed by atoms with Crippen LogP contribution in [0.2, 0.25) is 0 Å². The van der Waals surface area contributed by atoms with Gasteiger partial charge in [0.1, 0.15) is 22.9 Å². The SMILES string of the molecule is COc1ncccc1Nc1cc(NC2CC2)n2ncc(C(=O)NC3CC3)c2n1. The molecule has 3 heterocycles. The molecule has 9 nitrogen and oxygen atoms in total. The van der Waals surface area contributed by atoms with Crippen LogP contribution in [0.3, 0.4) is 0 Å². The van der Waals surface area contributed by atoms with E-state index in [4.69, 9.17) is 4.74 Å². The number of fused-ring (bicyclic) bond motifs is 1. The molecule has 0 aromatic carbocycles. The molecule has 5 rings (SSSR count). The lowest BCUT2D eigenvalue weighted by atomic mass is 10.3. The Morgan fingerprint density at radius 3 is 2.82 bits per heavy atom. The molecule has 0 radical (unpaired) electrons. The number of nitrogens with one attached hydrogen (secondary N) is 3. The fourth-order valence-corrected chi connectivity index (χ4v) is 3.00. The lowest BCUT2D eigenvalue weighted by Gasteiger charge is -2.13. The molecule has 2 aliphatic rings. The number of nitrogens with zero attached hydrogens (tertiary/aromatic N) is 4. The largest absolute Gasteiger partial charge is 0.480 e. The van der Waals surface area contributed by atoms with Crippen molar-refractivity contribution in [2.24, 2.45) is 0 Å². The average Bonchev–Trinajstić information content (AvgIpc) is 3.62. The van der Waals surface area contributed by atoms with Gasteiger partial charge in [0.05, 0.1) is 13.3 Å². The fourth-order valence-electron chi connectivity index (χ4n) is 3.00. The van der Waals surface area contributed by atoms with Crippen LogP contribution in [0.25, 0.3) is 5.65 Å². The Morgan fingerprint density at radius 2 is 2.07 bits per heavy atom. The maximum absolute atomic E-state index is 12.6. The van der Waals surface area contributed by atoms with Crippen molar-refractivity contribution in [3.05, 3.63) is 36.2 Å². The fraction of sp³-hybridized carbons (Fsp3) is 0.368. The molecular weight excluding hydrogens is 358 g/mol. The van der Waals surface area contributed by atoms with Crippen LogP contribution in [0.15, 0.2) is 30.6 Å². The molecule has 0 spiro atoms. The van der Waals surface area contributed by atoms with Crippen molar-refractivity contribution in [1.82, 2.24) is 24.9 Å². The van der Waals surface area contributed by atoms with Gasteiger partial charge < -0.3 is 20.7 Å². The van der Waals surface area contributed by atoms with Crippen LogP contribution in [0.1, 0.15) is 36.0 Å². The van der Waals surface area contributed by atoms with Gasteiger partial charge in [-0.25, -0.2) is 9.97 Å². The summed E-state index contributed by atoms with van der Waals surface area (Å²) < 4.78 is 7.00. The second kappa shape index (κ2) is 6.66. The number of methoxy groups -OCH3 is 1. The maximum Gasteiger partial charge on any atom is 0.256 e. The Kier molecular flexibility index (Phi) is 4.00. The molecule has 9 heteroatoms. The molecule has 3 aromatic rings. The Balaban J connectivity index is 1.54. The Morgan fingerprint density at radius 1 is 1.25 bits per heavy atom. The molecule has 28 heavy (non-hydrogen) atoms. The van der Waals surface area contributed by atoms with E-state index in [9.17, 15) is 4.79 Å². The number of aromatic nitrogens is 4. The van der Waals surface area contributed by atoms with Gasteiger partial charge in [-0.1, -0.05) is 0 Å². The third kappa shape index (κ3) is 3.30. The molecule has 2 saturated carbocycles. The van der Waals surface area contributed by atoms with E-state index in [1.54, 1.807) is 24.0 Å². The first-order valence-electron chi connectivity index (χ1n) is 9.43. The van der Waals surface area contributed by atoms with Gasteiger partial charge in [-0.3, -0.25) is 4.79 Å². The van der Waals surface area contributed by atoms with Crippen molar-refractivity contribution in [3.8, 4) is 5.88 Å². The molecule has 3 N–H and O–H groups in total. The summed E-state index contributed by atoms with van der Waals surface area (Å²) in [5.41, 5.74) is 1.67. The summed E-state index contributed by atoms with van der Waals surface area (Å²) in [6, 6.07) is 6.27. The van der Waals surface area contributed by atoms with Gasteiger partial charge in [0.25, 0.3) is 5.91 Å². The van der Waals surface area contributed by atoms with Gasteiger partial charge in [0.15, 0.2) is 5.65 Å². The smallest absolute Gasteiger partial charge is 0.256 e. The molecule has 0 unspecified atom stereocenters. The summed E-state index contributed by atoms with van der Waals surface area (Å²) in [4.78, 5) is 21.5. The normalized spacial score (nSPS) is 16.0. The van der Waals surface area contributed by atoms with Crippen molar-refractivity contribution < 1.29 is 9.53 Å². The zero-order chi connectivity index (χ0) is 19.1. The minimum atomic E-state index is -0.140. The second-order valence-electron chi connectivity index (χ2n) is 7.17. The van der Waals surface area contributed by atoms with Gasteiger partial charge >= 0.3 is 0 Å². The quantitative estimate of drug-likeness (QED) is 0.579. The van der Waals surface area contributed by atoms with Crippen LogP contribution in [0.5, 0.6) is 5.88 Å². The number of carbonyl (C=O) groups is 1. The number of pyridine rings is 1. The topological polar surface area (TPSA) is 105 Å². The van der Waals surface area contributed by atoms with Crippen LogP contribution in [-0.4, -0.2) is 44.7 Å². The lowest BCUT2D eigenvalue weighted by molar-refractivity contribution is 0.0952. The molecule has 0 atom stereocenters.